The number of hydrogen-bond donors (Lipinski definition) is 2. The maximum absolute atomic E-state index is 13.3. The molecular formula is C36H32Cl2F3N3O5S. The van der Waals surface area contributed by atoms with Crippen LogP contribution in [0.3, 0.4) is 0 Å². The van der Waals surface area contributed by atoms with Gasteiger partial charge in [-0.15, -0.1) is 0 Å². The summed E-state index contributed by atoms with van der Waals surface area (Å²) in [5, 5.41) is 18.4. The quantitative estimate of drug-likeness (QED) is 0.161. The van der Waals surface area contributed by atoms with Gasteiger partial charge >= 0.3 is 12.1 Å². The minimum Gasteiger partial charge on any atom is -0.508 e. The molecule has 0 spiro atoms. The molecule has 4 aromatic carbocycles. The fourth-order valence-electron chi connectivity index (χ4n) is 6.34. The first-order chi connectivity index (χ1) is 23.7. The van der Waals surface area contributed by atoms with Gasteiger partial charge in [0.1, 0.15) is 11.6 Å². The normalized spacial score (nSPS) is 16.0. The topological polar surface area (TPSA) is 113 Å². The molecule has 2 aliphatic rings. The van der Waals surface area contributed by atoms with Gasteiger partial charge in [0.25, 0.3) is 0 Å². The van der Waals surface area contributed by atoms with Crippen LogP contribution in [0.25, 0.3) is 11.0 Å². The maximum atomic E-state index is 13.3. The number of imidazole rings is 1. The monoisotopic (exact) mass is 745 g/mol. The molecule has 0 radical (unpaired) electrons. The van der Waals surface area contributed by atoms with Crippen molar-refractivity contribution in [2.24, 2.45) is 0 Å². The Hall–Kier alpha value is -4.10. The Bertz CT molecular complexity index is 2070. The summed E-state index contributed by atoms with van der Waals surface area (Å²) in [5.41, 5.74) is 5.45. The van der Waals surface area contributed by atoms with Crippen LogP contribution in [-0.2, 0) is 14.8 Å². The Kier molecular flexibility index (Phi) is 10.2. The zero-order chi connectivity index (χ0) is 35.8. The van der Waals surface area contributed by atoms with Crippen molar-refractivity contribution in [3.05, 3.63) is 124 Å². The summed E-state index contributed by atoms with van der Waals surface area (Å²) >= 11 is 12.5. The van der Waals surface area contributed by atoms with Gasteiger partial charge < -0.3 is 14.8 Å². The molecule has 2 heterocycles. The number of nitrogens with zero attached hydrogens (tertiary/aromatic N) is 3. The van der Waals surface area contributed by atoms with Crippen LogP contribution in [0.1, 0.15) is 66.1 Å². The van der Waals surface area contributed by atoms with Gasteiger partial charge in [-0.1, -0.05) is 59.6 Å². The lowest BCUT2D eigenvalue weighted by Crippen LogP contribution is -2.39. The number of sulfonamides is 1. The van der Waals surface area contributed by atoms with Crippen LogP contribution in [0.2, 0.25) is 10.0 Å². The van der Waals surface area contributed by atoms with Crippen molar-refractivity contribution < 1.29 is 36.6 Å². The second kappa shape index (κ2) is 14.3. The van der Waals surface area contributed by atoms with E-state index in [1.54, 1.807) is 6.07 Å². The number of hydrogen-bond acceptors (Lipinski definition) is 5. The summed E-state index contributed by atoms with van der Waals surface area (Å²) in [5.74, 6) is -1.29. The number of phenols is 1. The van der Waals surface area contributed by atoms with Gasteiger partial charge in [0.15, 0.2) is 0 Å². The first-order valence-electron chi connectivity index (χ1n) is 15.8. The highest BCUT2D eigenvalue weighted by Gasteiger charge is 2.38. The molecule has 1 aliphatic carbocycles. The number of carboxylic acid groups (broad SMARTS) is 1. The lowest BCUT2D eigenvalue weighted by Gasteiger charge is -2.33. The number of carbonyl (C=O) groups is 1. The lowest BCUT2D eigenvalue weighted by atomic mass is 9.85. The zero-order valence-corrected chi connectivity index (χ0v) is 28.7. The Labute approximate surface area is 296 Å². The predicted molar refractivity (Wildman–Crippen MR) is 184 cm³/mol. The summed E-state index contributed by atoms with van der Waals surface area (Å²) in [4.78, 5) is 14.1. The van der Waals surface area contributed by atoms with Gasteiger partial charge in [0.2, 0.25) is 10.0 Å². The van der Waals surface area contributed by atoms with Crippen LogP contribution in [0.5, 0.6) is 5.75 Å². The fraction of sp³-hybridized carbons (Fsp3) is 0.278. The predicted octanol–water partition coefficient (Wildman–Crippen LogP) is 8.77. The molecule has 0 bridgehead atoms. The molecule has 1 saturated heterocycles. The van der Waals surface area contributed by atoms with E-state index in [1.807, 2.05) is 24.3 Å². The third-order valence-electron chi connectivity index (χ3n) is 8.91. The van der Waals surface area contributed by atoms with E-state index in [4.69, 9.17) is 38.1 Å². The van der Waals surface area contributed by atoms with E-state index < -0.39 is 22.2 Å². The molecule has 50 heavy (non-hydrogen) atoms. The highest BCUT2D eigenvalue weighted by Crippen LogP contribution is 2.44. The molecule has 0 amide bonds. The van der Waals surface area contributed by atoms with E-state index in [0.29, 0.717) is 41.9 Å². The van der Waals surface area contributed by atoms with Crippen LogP contribution in [-0.4, -0.2) is 57.7 Å². The van der Waals surface area contributed by atoms with Crippen LogP contribution < -0.4 is 0 Å². The molecule has 8 nitrogen and oxygen atoms in total. The molecule has 262 valence electrons. The van der Waals surface area contributed by atoms with Gasteiger partial charge in [-0.05, 0) is 97.0 Å². The summed E-state index contributed by atoms with van der Waals surface area (Å²) in [6.07, 6.45) is -1.46. The van der Waals surface area contributed by atoms with Gasteiger partial charge in [-0.25, -0.2) is 18.2 Å². The van der Waals surface area contributed by atoms with Crippen molar-refractivity contribution in [3.63, 3.8) is 0 Å². The number of benzene rings is 4. The number of aliphatic carboxylic acids is 1. The number of aromatic hydroxyl groups is 1. The SMILES string of the molecule is O=C(O)C(F)(F)F.O=S(=O)(c1cccc(O)c1)N1CCC(n2c(C3CC3)nc3ccc(C(c4ccc(Cl)cc4)c4ccc(Cl)cc4)cc32)CC1. The summed E-state index contributed by atoms with van der Waals surface area (Å²) in [6.45, 7) is 0.814. The molecule has 7 rings (SSSR count). The average Bonchev–Trinajstić information content (AvgIpc) is 3.86. The van der Waals surface area contributed by atoms with Crippen molar-refractivity contribution in [1.82, 2.24) is 13.9 Å². The van der Waals surface area contributed by atoms with Crippen molar-refractivity contribution in [2.45, 2.75) is 54.6 Å². The molecule has 14 heteroatoms. The van der Waals surface area contributed by atoms with Crippen molar-refractivity contribution in [2.75, 3.05) is 13.1 Å². The molecule has 0 atom stereocenters. The Morgan fingerprint density at radius 2 is 1.36 bits per heavy atom. The van der Waals surface area contributed by atoms with Gasteiger partial charge in [-0.3, -0.25) is 0 Å². The number of fused-ring (bicyclic) bond motifs is 1. The van der Waals surface area contributed by atoms with E-state index >= 15 is 0 Å². The van der Waals surface area contributed by atoms with E-state index in [1.165, 1.54) is 22.5 Å². The molecule has 5 aromatic rings. The highest BCUT2D eigenvalue weighted by atomic mass is 35.5. The number of rotatable bonds is 7. The van der Waals surface area contributed by atoms with Crippen molar-refractivity contribution in [3.8, 4) is 5.75 Å². The lowest BCUT2D eigenvalue weighted by molar-refractivity contribution is -0.192. The Balaban J connectivity index is 0.000000561. The van der Waals surface area contributed by atoms with E-state index in [2.05, 4.69) is 47.0 Å². The van der Waals surface area contributed by atoms with Crippen LogP contribution in [0, 0.1) is 0 Å². The van der Waals surface area contributed by atoms with Gasteiger partial charge in [-0.2, -0.15) is 17.5 Å². The number of piperidine rings is 1. The third kappa shape index (κ3) is 7.78. The summed E-state index contributed by atoms with van der Waals surface area (Å²) < 4.78 is 62.4. The number of carboxylic acids is 1. The number of halogens is 5. The summed E-state index contributed by atoms with van der Waals surface area (Å²) in [7, 11) is -3.69. The maximum Gasteiger partial charge on any atom is 0.490 e. The van der Waals surface area contributed by atoms with Crippen LogP contribution in [0.15, 0.2) is 95.9 Å². The average molecular weight is 747 g/mol. The molecule has 1 aromatic heterocycles. The summed E-state index contributed by atoms with van der Waals surface area (Å²) in [6, 6.07) is 28.5. The minimum atomic E-state index is -5.08. The van der Waals surface area contributed by atoms with Crippen molar-refractivity contribution in [1.29, 1.82) is 0 Å². The van der Waals surface area contributed by atoms with Crippen molar-refractivity contribution >= 4 is 50.2 Å². The number of phenolic OH excluding ortho intramolecular Hbond substituents is 1. The molecule has 2 N–H and O–H groups in total. The first-order valence-corrected chi connectivity index (χ1v) is 18.0. The molecule has 1 aliphatic heterocycles. The molecule has 1 saturated carbocycles. The molecule has 0 unspecified atom stereocenters. The standard InChI is InChI=1S/C34H31Cl2N3O3S.C2HF3O2/c35-26-11-6-22(7-12-26)33(23-8-13-27(36)14-9-23)25-10-15-31-32(20-25)39(34(37-31)24-4-5-24)28-16-18-38(19-17-28)43(41,42)30-3-1-2-29(40)21-30;3-2(4,5)1(6)7/h1-3,6-15,20-21,24,28,33,40H,4-5,16-19H2;(H,6,7). The Morgan fingerprint density at radius 1 is 0.820 bits per heavy atom. The van der Waals surface area contributed by atoms with E-state index in [-0.39, 0.29) is 22.6 Å². The highest BCUT2D eigenvalue weighted by molar-refractivity contribution is 7.89. The van der Waals surface area contributed by atoms with Crippen LogP contribution in [0.4, 0.5) is 13.2 Å². The second-order valence-corrected chi connectivity index (χ2v) is 15.1. The van der Waals surface area contributed by atoms with Gasteiger partial charge in [0.05, 0.1) is 15.9 Å². The van der Waals surface area contributed by atoms with Crippen LogP contribution >= 0.6 is 23.2 Å². The molecular weight excluding hydrogens is 714 g/mol. The van der Waals surface area contributed by atoms with Gasteiger partial charge in [0, 0.05) is 41.0 Å². The first kappa shape index (κ1) is 35.7. The Morgan fingerprint density at radius 3 is 1.86 bits per heavy atom. The molecule has 2 fully saturated rings. The largest absolute Gasteiger partial charge is 0.508 e. The number of aromatic nitrogens is 2. The smallest absolute Gasteiger partial charge is 0.490 e. The fourth-order valence-corrected chi connectivity index (χ4v) is 8.10. The second-order valence-electron chi connectivity index (χ2n) is 12.3. The number of alkyl halides is 3. The van der Waals surface area contributed by atoms with E-state index in [9.17, 15) is 26.7 Å². The van der Waals surface area contributed by atoms with E-state index in [0.717, 1.165) is 46.4 Å². The zero-order valence-electron chi connectivity index (χ0n) is 26.4. The third-order valence-corrected chi connectivity index (χ3v) is 11.3. The minimum absolute atomic E-state index is 0.0269.